The summed E-state index contributed by atoms with van der Waals surface area (Å²) in [5.41, 5.74) is 4.88. The summed E-state index contributed by atoms with van der Waals surface area (Å²) in [6.45, 7) is 5.02. The molecule has 0 bridgehead atoms. The number of hydrogen-bond donors (Lipinski definition) is 2. The molecule has 1 atom stereocenters. The lowest BCUT2D eigenvalue weighted by Crippen LogP contribution is -2.54. The highest BCUT2D eigenvalue weighted by Gasteiger charge is 2.33. The fraction of sp³-hybridized carbons (Fsp3) is 0.583. The van der Waals surface area contributed by atoms with E-state index in [0.29, 0.717) is 18.9 Å². The second-order valence-corrected chi connectivity index (χ2v) is 5.20. The number of anilines is 1. The van der Waals surface area contributed by atoms with Crippen molar-refractivity contribution in [1.82, 2.24) is 10.2 Å². The molecule has 1 amide bonds. The molecule has 1 saturated heterocycles. The van der Waals surface area contributed by atoms with Crippen molar-refractivity contribution < 1.29 is 14.6 Å². The Morgan fingerprint density at radius 2 is 2.32 bits per heavy atom. The Kier molecular flexibility index (Phi) is 3.68. The molecule has 1 aromatic rings. The van der Waals surface area contributed by atoms with E-state index in [-0.39, 0.29) is 24.0 Å². The van der Waals surface area contributed by atoms with Crippen LogP contribution in [0.2, 0.25) is 0 Å². The number of carbonyl (C=O) groups is 1. The topological polar surface area (TPSA) is 102 Å². The highest BCUT2D eigenvalue weighted by Crippen LogP contribution is 2.24. The SMILES string of the molecule is CC1(C)CN(c2ccc(C(N)=O)nn2)CC(CO)O1. The summed E-state index contributed by atoms with van der Waals surface area (Å²) in [6.07, 6.45) is -0.263. The van der Waals surface area contributed by atoms with Gasteiger partial charge in [-0.1, -0.05) is 0 Å². The molecule has 7 heteroatoms. The summed E-state index contributed by atoms with van der Waals surface area (Å²) in [4.78, 5) is 12.9. The average Bonchev–Trinajstić information content (AvgIpc) is 2.37. The number of aliphatic hydroxyl groups is 1. The molecule has 0 aromatic carbocycles. The molecule has 1 aliphatic rings. The van der Waals surface area contributed by atoms with Gasteiger partial charge in [0, 0.05) is 13.1 Å². The number of primary amides is 1. The van der Waals surface area contributed by atoms with Gasteiger partial charge in [-0.3, -0.25) is 4.79 Å². The van der Waals surface area contributed by atoms with Gasteiger partial charge in [-0.05, 0) is 26.0 Å². The van der Waals surface area contributed by atoms with E-state index in [9.17, 15) is 9.90 Å². The number of aliphatic hydroxyl groups excluding tert-OH is 1. The minimum absolute atomic E-state index is 0.0489. The zero-order chi connectivity index (χ0) is 14.0. The predicted molar refractivity (Wildman–Crippen MR) is 68.8 cm³/mol. The van der Waals surface area contributed by atoms with E-state index in [2.05, 4.69) is 10.2 Å². The molecule has 0 spiro atoms. The molecule has 0 saturated carbocycles. The first-order valence-corrected chi connectivity index (χ1v) is 6.08. The van der Waals surface area contributed by atoms with Crippen LogP contribution in [0.5, 0.6) is 0 Å². The summed E-state index contributed by atoms with van der Waals surface area (Å²) < 4.78 is 5.72. The lowest BCUT2D eigenvalue weighted by Gasteiger charge is -2.42. The van der Waals surface area contributed by atoms with E-state index in [1.165, 1.54) is 0 Å². The van der Waals surface area contributed by atoms with Gasteiger partial charge in [-0.15, -0.1) is 10.2 Å². The number of nitrogens with two attached hydrogens (primary N) is 1. The Morgan fingerprint density at radius 1 is 1.58 bits per heavy atom. The number of amides is 1. The third kappa shape index (κ3) is 3.18. The number of hydrogen-bond acceptors (Lipinski definition) is 6. The molecular weight excluding hydrogens is 248 g/mol. The molecule has 7 nitrogen and oxygen atoms in total. The molecule has 2 rings (SSSR count). The van der Waals surface area contributed by atoms with Gasteiger partial charge in [0.05, 0.1) is 18.3 Å². The van der Waals surface area contributed by atoms with E-state index in [1.807, 2.05) is 18.7 Å². The molecular formula is C12H18N4O3. The van der Waals surface area contributed by atoms with Crippen LogP contribution in [0.3, 0.4) is 0 Å². The van der Waals surface area contributed by atoms with E-state index >= 15 is 0 Å². The summed E-state index contributed by atoms with van der Waals surface area (Å²) >= 11 is 0. The zero-order valence-electron chi connectivity index (χ0n) is 11.0. The van der Waals surface area contributed by atoms with Crippen LogP contribution in [0.1, 0.15) is 24.3 Å². The Balaban J connectivity index is 2.18. The summed E-state index contributed by atoms with van der Waals surface area (Å²) in [5, 5.41) is 17.0. The van der Waals surface area contributed by atoms with Crippen molar-refractivity contribution in [3.63, 3.8) is 0 Å². The molecule has 1 fully saturated rings. The van der Waals surface area contributed by atoms with Crippen molar-refractivity contribution in [3.05, 3.63) is 17.8 Å². The first-order valence-electron chi connectivity index (χ1n) is 6.08. The summed E-state index contributed by atoms with van der Waals surface area (Å²) in [7, 11) is 0. The second kappa shape index (κ2) is 5.10. The Hall–Kier alpha value is -1.73. The molecule has 104 valence electrons. The minimum Gasteiger partial charge on any atom is -0.394 e. The van der Waals surface area contributed by atoms with Gasteiger partial charge in [0.25, 0.3) is 5.91 Å². The quantitative estimate of drug-likeness (QED) is 0.768. The van der Waals surface area contributed by atoms with Crippen LogP contribution in [0.25, 0.3) is 0 Å². The molecule has 1 aromatic heterocycles. The number of nitrogens with zero attached hydrogens (tertiary/aromatic N) is 3. The van der Waals surface area contributed by atoms with Crippen LogP contribution in [0, 0.1) is 0 Å². The van der Waals surface area contributed by atoms with Gasteiger partial charge in [0.15, 0.2) is 11.5 Å². The number of ether oxygens (including phenoxy) is 1. The molecule has 19 heavy (non-hydrogen) atoms. The van der Waals surface area contributed by atoms with Crippen LogP contribution in [-0.4, -0.2) is 52.6 Å². The van der Waals surface area contributed by atoms with Gasteiger partial charge in [-0.25, -0.2) is 0 Å². The lowest BCUT2D eigenvalue weighted by atomic mass is 10.1. The normalized spacial score (nSPS) is 22.3. The monoisotopic (exact) mass is 266 g/mol. The van der Waals surface area contributed by atoms with E-state index in [0.717, 1.165) is 0 Å². The van der Waals surface area contributed by atoms with Gasteiger partial charge in [0.1, 0.15) is 0 Å². The van der Waals surface area contributed by atoms with Crippen molar-refractivity contribution in [2.75, 3.05) is 24.6 Å². The van der Waals surface area contributed by atoms with Crippen molar-refractivity contribution >= 4 is 11.7 Å². The Bertz CT molecular complexity index is 461. The van der Waals surface area contributed by atoms with Gasteiger partial charge in [-0.2, -0.15) is 0 Å². The zero-order valence-corrected chi connectivity index (χ0v) is 11.0. The second-order valence-electron chi connectivity index (χ2n) is 5.20. The maximum absolute atomic E-state index is 10.9. The first kappa shape index (κ1) is 13.7. The standard InChI is InChI=1S/C12H18N4O3/c1-12(2)7-16(5-8(6-17)19-12)10-4-3-9(11(13)18)14-15-10/h3-4,8,17H,5-7H2,1-2H3,(H2,13,18). The van der Waals surface area contributed by atoms with Crippen molar-refractivity contribution in [2.45, 2.75) is 25.6 Å². The van der Waals surface area contributed by atoms with Crippen LogP contribution in [0.4, 0.5) is 5.82 Å². The molecule has 2 heterocycles. The largest absolute Gasteiger partial charge is 0.394 e. The first-order chi connectivity index (χ1) is 8.91. The van der Waals surface area contributed by atoms with Crippen molar-refractivity contribution in [3.8, 4) is 0 Å². The lowest BCUT2D eigenvalue weighted by molar-refractivity contribution is -0.101. The maximum Gasteiger partial charge on any atom is 0.269 e. The smallest absolute Gasteiger partial charge is 0.269 e. The fourth-order valence-corrected chi connectivity index (χ4v) is 2.19. The highest BCUT2D eigenvalue weighted by molar-refractivity contribution is 5.90. The fourth-order valence-electron chi connectivity index (χ4n) is 2.19. The van der Waals surface area contributed by atoms with Crippen LogP contribution in [-0.2, 0) is 4.74 Å². The van der Waals surface area contributed by atoms with Gasteiger partial charge < -0.3 is 20.5 Å². The highest BCUT2D eigenvalue weighted by atomic mass is 16.5. The predicted octanol–water partition coefficient (Wildman–Crippen LogP) is -0.448. The minimum atomic E-state index is -0.602. The molecule has 0 aliphatic carbocycles. The third-order valence-electron chi connectivity index (χ3n) is 2.91. The number of morpholine rings is 1. The van der Waals surface area contributed by atoms with Gasteiger partial charge in [0.2, 0.25) is 0 Å². The number of rotatable bonds is 3. The maximum atomic E-state index is 10.9. The summed E-state index contributed by atoms with van der Waals surface area (Å²) in [6, 6.07) is 3.24. The number of aromatic nitrogens is 2. The van der Waals surface area contributed by atoms with Crippen LogP contribution < -0.4 is 10.6 Å². The Morgan fingerprint density at radius 3 is 2.84 bits per heavy atom. The number of carbonyl (C=O) groups excluding carboxylic acids is 1. The molecule has 3 N–H and O–H groups in total. The van der Waals surface area contributed by atoms with E-state index in [1.54, 1.807) is 12.1 Å². The molecule has 1 unspecified atom stereocenters. The van der Waals surface area contributed by atoms with Crippen molar-refractivity contribution in [2.24, 2.45) is 5.73 Å². The van der Waals surface area contributed by atoms with Crippen LogP contribution in [0.15, 0.2) is 12.1 Å². The van der Waals surface area contributed by atoms with E-state index < -0.39 is 5.91 Å². The van der Waals surface area contributed by atoms with Gasteiger partial charge >= 0.3 is 0 Å². The average molecular weight is 266 g/mol. The summed E-state index contributed by atoms with van der Waals surface area (Å²) in [5.74, 6) is 0.0365. The van der Waals surface area contributed by atoms with E-state index in [4.69, 9.17) is 10.5 Å². The Labute approximate surface area is 111 Å². The third-order valence-corrected chi connectivity index (χ3v) is 2.91. The molecule has 0 radical (unpaired) electrons. The van der Waals surface area contributed by atoms with Crippen molar-refractivity contribution in [1.29, 1.82) is 0 Å². The molecule has 1 aliphatic heterocycles. The van der Waals surface area contributed by atoms with Crippen LogP contribution >= 0.6 is 0 Å².